The van der Waals surface area contributed by atoms with Gasteiger partial charge in [0.2, 0.25) is 0 Å². The van der Waals surface area contributed by atoms with Gasteiger partial charge in [-0.1, -0.05) is 83.3 Å². The van der Waals surface area contributed by atoms with Crippen molar-refractivity contribution in [1.29, 1.82) is 0 Å². The highest BCUT2D eigenvalue weighted by molar-refractivity contribution is 14.1. The molecule has 0 spiro atoms. The second-order valence-electron chi connectivity index (χ2n) is 7.40. The van der Waals surface area contributed by atoms with Crippen LogP contribution in [0.4, 0.5) is 0 Å². The number of carboxylic acids is 1. The highest BCUT2D eigenvalue weighted by Gasteiger charge is 2.06. The summed E-state index contributed by atoms with van der Waals surface area (Å²) in [6.45, 7) is 2.05. The molecule has 0 bridgehead atoms. The van der Waals surface area contributed by atoms with Crippen LogP contribution in [0, 0.1) is 9.49 Å². The van der Waals surface area contributed by atoms with E-state index < -0.39 is 5.97 Å². The van der Waals surface area contributed by atoms with E-state index in [2.05, 4.69) is 46.9 Å². The van der Waals surface area contributed by atoms with E-state index in [1.807, 2.05) is 6.92 Å². The van der Waals surface area contributed by atoms with Gasteiger partial charge in [-0.2, -0.15) is 0 Å². The number of carbonyl (C=O) groups is 1. The minimum Gasteiger partial charge on any atom is -0.481 e. The fraction of sp³-hybridized carbons (Fsp3) is 0.682. The van der Waals surface area contributed by atoms with Gasteiger partial charge in [0.1, 0.15) is 0 Å². The van der Waals surface area contributed by atoms with Crippen molar-refractivity contribution in [3.8, 4) is 0 Å². The Morgan fingerprint density at radius 2 is 1.36 bits per heavy atom. The molecule has 0 amide bonds. The smallest absolute Gasteiger partial charge is 0.303 e. The molecule has 1 rings (SSSR count). The summed E-state index contributed by atoms with van der Waals surface area (Å²) >= 11 is 2.36. The number of unbranched alkanes of at least 4 members (excludes halogenated alkanes) is 9. The Balaban J connectivity index is 1.81. The number of benzene rings is 1. The molecule has 142 valence electrons. The third-order valence-corrected chi connectivity index (χ3v) is 5.57. The van der Waals surface area contributed by atoms with Crippen molar-refractivity contribution in [2.75, 3.05) is 0 Å². The lowest BCUT2D eigenvalue weighted by molar-refractivity contribution is -0.138. The molecule has 0 saturated carbocycles. The van der Waals surface area contributed by atoms with Crippen LogP contribution in [0.3, 0.4) is 0 Å². The lowest BCUT2D eigenvalue weighted by Gasteiger charge is -2.08. The zero-order chi connectivity index (χ0) is 18.3. The molecule has 0 fully saturated rings. The van der Waals surface area contributed by atoms with Crippen molar-refractivity contribution >= 4 is 28.6 Å². The Kier molecular flexibility index (Phi) is 13.1. The molecule has 0 radical (unpaired) electrons. The van der Waals surface area contributed by atoms with Gasteiger partial charge in [0.25, 0.3) is 0 Å². The van der Waals surface area contributed by atoms with Crippen LogP contribution >= 0.6 is 22.6 Å². The van der Waals surface area contributed by atoms with E-state index in [1.165, 1.54) is 79.8 Å². The fourth-order valence-electron chi connectivity index (χ4n) is 3.29. The summed E-state index contributed by atoms with van der Waals surface area (Å²) in [6.07, 6.45) is 15.9. The number of carboxylic acid groups (broad SMARTS) is 1. The van der Waals surface area contributed by atoms with E-state index in [0.717, 1.165) is 6.42 Å². The topological polar surface area (TPSA) is 37.3 Å². The van der Waals surface area contributed by atoms with Crippen LogP contribution < -0.4 is 0 Å². The zero-order valence-electron chi connectivity index (χ0n) is 15.8. The van der Waals surface area contributed by atoms with Gasteiger partial charge in [0.05, 0.1) is 0 Å². The predicted octanol–water partition coefficient (Wildman–Crippen LogP) is 7.24. The molecule has 0 heterocycles. The van der Waals surface area contributed by atoms with Crippen molar-refractivity contribution in [2.45, 2.75) is 90.4 Å². The second kappa shape index (κ2) is 14.6. The van der Waals surface area contributed by atoms with Gasteiger partial charge in [-0.15, -0.1) is 0 Å². The highest BCUT2D eigenvalue weighted by Crippen LogP contribution is 2.16. The quantitative estimate of drug-likeness (QED) is 0.223. The number of hydrogen-bond donors (Lipinski definition) is 1. The first-order valence-electron chi connectivity index (χ1n) is 10.0. The maximum atomic E-state index is 10.6. The molecule has 1 aromatic rings. The Morgan fingerprint density at radius 1 is 0.880 bits per heavy atom. The third-order valence-electron chi connectivity index (χ3n) is 4.85. The van der Waals surface area contributed by atoms with Gasteiger partial charge in [-0.25, -0.2) is 0 Å². The summed E-state index contributed by atoms with van der Waals surface area (Å²) < 4.78 is 1.32. The van der Waals surface area contributed by atoms with Gasteiger partial charge in [-0.05, 0) is 59.0 Å². The van der Waals surface area contributed by atoms with Crippen molar-refractivity contribution in [3.63, 3.8) is 0 Å². The Bertz CT molecular complexity index is 456. The van der Waals surface area contributed by atoms with Crippen molar-refractivity contribution < 1.29 is 9.90 Å². The van der Waals surface area contributed by atoms with Gasteiger partial charge in [-0.3, -0.25) is 4.79 Å². The molecule has 0 aliphatic carbocycles. The standard InChI is InChI=1S/C22H35IO2/c1-19(18-22(24)25)12-10-8-6-4-2-3-5-7-9-11-13-20-14-16-21(23)17-15-20/h14-17,19H,2-13,18H2,1H3,(H,24,25)/i23-2. The summed E-state index contributed by atoms with van der Waals surface area (Å²) in [7, 11) is 0. The average Bonchev–Trinajstić information content (AvgIpc) is 2.57. The van der Waals surface area contributed by atoms with Crippen LogP contribution in [0.25, 0.3) is 0 Å². The molecular weight excluding hydrogens is 421 g/mol. The van der Waals surface area contributed by atoms with Crippen LogP contribution in [0.2, 0.25) is 0 Å². The van der Waals surface area contributed by atoms with Crippen molar-refractivity contribution in [3.05, 3.63) is 33.4 Å². The van der Waals surface area contributed by atoms with Gasteiger partial charge >= 0.3 is 5.97 Å². The lowest BCUT2D eigenvalue weighted by atomic mass is 9.99. The molecule has 2 nitrogen and oxygen atoms in total. The minimum absolute atomic E-state index is 0.323. The first-order chi connectivity index (χ1) is 12.1. The molecule has 1 atom stereocenters. The molecular formula is C22H35IO2. The van der Waals surface area contributed by atoms with Crippen LogP contribution in [-0.4, -0.2) is 11.1 Å². The van der Waals surface area contributed by atoms with Crippen molar-refractivity contribution in [2.24, 2.45) is 5.92 Å². The normalized spacial score (nSPS) is 12.2. The van der Waals surface area contributed by atoms with Gasteiger partial charge < -0.3 is 5.11 Å². The average molecular weight is 456 g/mol. The minimum atomic E-state index is -0.661. The number of aryl methyl sites for hydroxylation is 1. The molecule has 1 N–H and O–H groups in total. The molecule has 0 aliphatic rings. The summed E-state index contributed by atoms with van der Waals surface area (Å²) in [6, 6.07) is 8.90. The Hall–Kier alpha value is -0.580. The summed E-state index contributed by atoms with van der Waals surface area (Å²) in [5.41, 5.74) is 1.47. The fourth-order valence-corrected chi connectivity index (χ4v) is 3.65. The molecule has 25 heavy (non-hydrogen) atoms. The van der Waals surface area contributed by atoms with Crippen LogP contribution in [0.5, 0.6) is 0 Å². The van der Waals surface area contributed by atoms with E-state index in [0.29, 0.717) is 12.3 Å². The van der Waals surface area contributed by atoms with Crippen molar-refractivity contribution in [1.82, 2.24) is 0 Å². The largest absolute Gasteiger partial charge is 0.481 e. The van der Waals surface area contributed by atoms with E-state index in [-0.39, 0.29) is 0 Å². The maximum Gasteiger partial charge on any atom is 0.303 e. The summed E-state index contributed by atoms with van der Waals surface area (Å²) in [5, 5.41) is 8.73. The molecule has 1 aromatic carbocycles. The van der Waals surface area contributed by atoms with E-state index in [4.69, 9.17) is 5.11 Å². The van der Waals surface area contributed by atoms with E-state index in [1.54, 1.807) is 0 Å². The highest BCUT2D eigenvalue weighted by atomic mass is 125. The Labute approximate surface area is 167 Å². The molecule has 0 aromatic heterocycles. The zero-order valence-corrected chi connectivity index (χ0v) is 18.0. The maximum absolute atomic E-state index is 10.6. The van der Waals surface area contributed by atoms with Crippen LogP contribution in [0.15, 0.2) is 24.3 Å². The summed E-state index contributed by atoms with van der Waals surface area (Å²) in [5.74, 6) is -0.331. The molecule has 0 aliphatic heterocycles. The van der Waals surface area contributed by atoms with Crippen LogP contribution in [-0.2, 0) is 11.2 Å². The number of hydrogen-bond acceptors (Lipinski definition) is 1. The first-order valence-corrected chi connectivity index (χ1v) is 11.1. The molecule has 1 unspecified atom stereocenters. The van der Waals surface area contributed by atoms with E-state index in [9.17, 15) is 4.79 Å². The number of halogens is 1. The van der Waals surface area contributed by atoms with Gasteiger partial charge in [0, 0.05) is 9.99 Å². The van der Waals surface area contributed by atoms with Crippen LogP contribution in [0.1, 0.15) is 89.5 Å². The first kappa shape index (κ1) is 22.5. The lowest BCUT2D eigenvalue weighted by Crippen LogP contribution is -2.03. The SMILES string of the molecule is CC(CCCCCCCCCCCCc1ccc([125I])cc1)CC(=O)O. The second-order valence-corrected chi connectivity index (χ2v) is 8.65. The number of rotatable bonds is 15. The third kappa shape index (κ3) is 13.3. The molecule has 3 heteroatoms. The summed E-state index contributed by atoms with van der Waals surface area (Å²) in [4.78, 5) is 10.6. The van der Waals surface area contributed by atoms with Gasteiger partial charge in [0.15, 0.2) is 0 Å². The monoisotopic (exact) mass is 456 g/mol. The predicted molar refractivity (Wildman–Crippen MR) is 115 cm³/mol. The number of aliphatic carboxylic acids is 1. The van der Waals surface area contributed by atoms with E-state index >= 15 is 0 Å². The Morgan fingerprint density at radius 3 is 1.88 bits per heavy atom. The molecule has 0 saturated heterocycles.